The maximum Gasteiger partial charge on any atom is 0.347 e. The fourth-order valence-electron chi connectivity index (χ4n) is 2.34. The normalized spacial score (nSPS) is 11.0. The van der Waals surface area contributed by atoms with Crippen molar-refractivity contribution in [2.75, 3.05) is 13.6 Å². The average molecular weight is 318 g/mol. The van der Waals surface area contributed by atoms with Gasteiger partial charge in [0.2, 0.25) is 0 Å². The highest BCUT2D eigenvalue weighted by molar-refractivity contribution is 7.13. The maximum absolute atomic E-state index is 11.2. The lowest BCUT2D eigenvalue weighted by Gasteiger charge is -2.15. The highest BCUT2D eigenvalue weighted by Gasteiger charge is 2.16. The van der Waals surface area contributed by atoms with Gasteiger partial charge in [-0.1, -0.05) is 43.7 Å². The van der Waals surface area contributed by atoms with Crippen LogP contribution in [0.5, 0.6) is 0 Å². The van der Waals surface area contributed by atoms with Crippen LogP contribution in [0, 0.1) is 0 Å². The van der Waals surface area contributed by atoms with Crippen molar-refractivity contribution in [2.24, 2.45) is 0 Å². The molecule has 4 nitrogen and oxygen atoms in total. The third kappa shape index (κ3) is 4.64. The number of likely N-dealkylation sites (N-methyl/N-ethyl adjacent to an activating group) is 1. The summed E-state index contributed by atoms with van der Waals surface area (Å²) in [5.74, 6) is -0.857. The Morgan fingerprint density at radius 1 is 1.27 bits per heavy atom. The van der Waals surface area contributed by atoms with Gasteiger partial charge in [0.05, 0.1) is 10.7 Å². The molecule has 1 aromatic heterocycles. The second-order valence-corrected chi connectivity index (χ2v) is 6.50. The zero-order valence-corrected chi connectivity index (χ0v) is 13.9. The first-order valence-corrected chi connectivity index (χ1v) is 8.36. The van der Waals surface area contributed by atoms with Gasteiger partial charge in [0.1, 0.15) is 4.88 Å². The number of carbonyl (C=O) groups is 1. The molecule has 2 aromatic rings. The van der Waals surface area contributed by atoms with Crippen LogP contribution in [-0.2, 0) is 19.4 Å². The summed E-state index contributed by atoms with van der Waals surface area (Å²) in [7, 11) is 2.08. The molecule has 1 aromatic carbocycles. The second kappa shape index (κ2) is 8.06. The number of rotatable bonds is 8. The van der Waals surface area contributed by atoms with Crippen LogP contribution < -0.4 is 0 Å². The quantitative estimate of drug-likeness (QED) is 0.810. The largest absolute Gasteiger partial charge is 0.477 e. The Morgan fingerprint density at radius 3 is 2.64 bits per heavy atom. The van der Waals surface area contributed by atoms with Crippen LogP contribution in [-0.4, -0.2) is 34.6 Å². The van der Waals surface area contributed by atoms with Crippen molar-refractivity contribution >= 4 is 17.3 Å². The van der Waals surface area contributed by atoms with Crippen LogP contribution in [0.3, 0.4) is 0 Å². The van der Waals surface area contributed by atoms with E-state index < -0.39 is 5.97 Å². The van der Waals surface area contributed by atoms with Gasteiger partial charge in [-0.25, -0.2) is 9.78 Å². The molecule has 0 spiro atoms. The summed E-state index contributed by atoms with van der Waals surface area (Å²) in [5, 5.41) is 10.2. The first kappa shape index (κ1) is 16.6. The molecule has 0 atom stereocenters. The number of benzene rings is 1. The molecule has 2 rings (SSSR count). The lowest BCUT2D eigenvalue weighted by molar-refractivity contribution is 0.0700. The van der Waals surface area contributed by atoms with Crippen LogP contribution in [0.2, 0.25) is 0 Å². The Kier molecular flexibility index (Phi) is 6.10. The summed E-state index contributed by atoms with van der Waals surface area (Å²) >= 11 is 1.32. The minimum atomic E-state index is -0.857. The molecule has 1 heterocycles. The molecule has 0 aliphatic heterocycles. The van der Waals surface area contributed by atoms with Crippen molar-refractivity contribution in [1.29, 1.82) is 0 Å². The van der Waals surface area contributed by atoms with E-state index in [1.54, 1.807) is 0 Å². The molecule has 0 unspecified atom stereocenters. The number of carboxylic acids is 1. The number of thiazole rings is 1. The summed E-state index contributed by atoms with van der Waals surface area (Å²) in [5.41, 5.74) is 2.02. The number of hydrogen-bond donors (Lipinski definition) is 1. The Labute approximate surface area is 135 Å². The van der Waals surface area contributed by atoms with E-state index in [1.807, 2.05) is 25.1 Å². The van der Waals surface area contributed by atoms with Gasteiger partial charge >= 0.3 is 5.97 Å². The number of nitrogens with zero attached hydrogens (tertiary/aromatic N) is 2. The van der Waals surface area contributed by atoms with E-state index in [1.165, 1.54) is 16.9 Å². The van der Waals surface area contributed by atoms with Gasteiger partial charge in [0.25, 0.3) is 0 Å². The average Bonchev–Trinajstić information content (AvgIpc) is 2.90. The highest BCUT2D eigenvalue weighted by atomic mass is 32.1. The topological polar surface area (TPSA) is 53.4 Å². The van der Waals surface area contributed by atoms with E-state index in [0.29, 0.717) is 4.88 Å². The molecule has 0 radical (unpaired) electrons. The molecule has 0 saturated carbocycles. The van der Waals surface area contributed by atoms with Gasteiger partial charge in [0.15, 0.2) is 0 Å². The van der Waals surface area contributed by atoms with Crippen LogP contribution in [0.25, 0.3) is 0 Å². The van der Waals surface area contributed by atoms with E-state index in [9.17, 15) is 9.90 Å². The molecule has 0 amide bonds. The van der Waals surface area contributed by atoms with E-state index in [0.717, 1.165) is 43.1 Å². The maximum atomic E-state index is 11.2. The molecule has 0 saturated heterocycles. The predicted molar refractivity (Wildman–Crippen MR) is 89.5 cm³/mol. The summed E-state index contributed by atoms with van der Waals surface area (Å²) in [6, 6.07) is 10.3. The molecular weight excluding hydrogens is 296 g/mol. The summed E-state index contributed by atoms with van der Waals surface area (Å²) in [6.07, 6.45) is 2.44. The van der Waals surface area contributed by atoms with Gasteiger partial charge in [-0.05, 0) is 19.0 Å². The van der Waals surface area contributed by atoms with E-state index in [4.69, 9.17) is 0 Å². The Hall–Kier alpha value is -1.72. The number of aryl methyl sites for hydroxylation is 1. The first-order chi connectivity index (χ1) is 10.6. The van der Waals surface area contributed by atoms with Crippen molar-refractivity contribution < 1.29 is 9.90 Å². The van der Waals surface area contributed by atoms with E-state index in [-0.39, 0.29) is 0 Å². The van der Waals surface area contributed by atoms with Crippen molar-refractivity contribution in [3.05, 3.63) is 51.5 Å². The third-order valence-corrected chi connectivity index (χ3v) is 4.57. The lowest BCUT2D eigenvalue weighted by atomic mass is 10.2. The Balaban J connectivity index is 1.93. The smallest absolute Gasteiger partial charge is 0.347 e. The number of carboxylic acid groups (broad SMARTS) is 1. The van der Waals surface area contributed by atoms with Gasteiger partial charge in [0, 0.05) is 19.5 Å². The zero-order chi connectivity index (χ0) is 15.9. The zero-order valence-electron chi connectivity index (χ0n) is 13.1. The van der Waals surface area contributed by atoms with Gasteiger partial charge in [-0.15, -0.1) is 11.3 Å². The fraction of sp³-hybridized carbons (Fsp3) is 0.412. The summed E-state index contributed by atoms with van der Waals surface area (Å²) < 4.78 is 0. The van der Waals surface area contributed by atoms with Crippen LogP contribution in [0.15, 0.2) is 30.3 Å². The van der Waals surface area contributed by atoms with Crippen molar-refractivity contribution in [1.82, 2.24) is 9.88 Å². The van der Waals surface area contributed by atoms with E-state index >= 15 is 0 Å². The van der Waals surface area contributed by atoms with Gasteiger partial charge in [-0.2, -0.15) is 0 Å². The molecule has 0 aliphatic rings. The SMILES string of the molecule is CCCc1nc(CCN(C)Cc2ccccc2)sc1C(=O)O. The molecule has 1 N–H and O–H groups in total. The van der Waals surface area contributed by atoms with Crippen LogP contribution in [0.1, 0.15) is 39.3 Å². The van der Waals surface area contributed by atoms with Gasteiger partial charge < -0.3 is 10.0 Å². The molecule has 22 heavy (non-hydrogen) atoms. The third-order valence-electron chi connectivity index (χ3n) is 3.43. The Morgan fingerprint density at radius 2 is 2.00 bits per heavy atom. The monoisotopic (exact) mass is 318 g/mol. The minimum absolute atomic E-state index is 0.405. The molecule has 118 valence electrons. The van der Waals surface area contributed by atoms with Crippen LogP contribution in [0.4, 0.5) is 0 Å². The number of aromatic carboxylic acids is 1. The predicted octanol–water partition coefficient (Wildman–Crippen LogP) is 3.47. The summed E-state index contributed by atoms with van der Waals surface area (Å²) in [4.78, 5) is 18.4. The van der Waals surface area contributed by atoms with Gasteiger partial charge in [-0.3, -0.25) is 0 Å². The number of hydrogen-bond acceptors (Lipinski definition) is 4. The number of aromatic nitrogens is 1. The Bertz CT molecular complexity index is 610. The molecular formula is C17H22N2O2S. The van der Waals surface area contributed by atoms with Crippen LogP contribution >= 0.6 is 11.3 Å². The standard InChI is InChI=1S/C17H22N2O2S/c1-3-7-14-16(17(20)21)22-15(18-14)10-11-19(2)12-13-8-5-4-6-9-13/h4-6,8-9H,3,7,10-12H2,1-2H3,(H,20,21). The van der Waals surface area contributed by atoms with Crippen molar-refractivity contribution in [3.63, 3.8) is 0 Å². The molecule has 0 fully saturated rings. The highest BCUT2D eigenvalue weighted by Crippen LogP contribution is 2.21. The van der Waals surface area contributed by atoms with Crippen molar-refractivity contribution in [3.8, 4) is 0 Å². The summed E-state index contributed by atoms with van der Waals surface area (Å²) in [6.45, 7) is 3.80. The molecule has 0 aliphatic carbocycles. The lowest BCUT2D eigenvalue weighted by Crippen LogP contribution is -2.20. The molecule has 5 heteroatoms. The first-order valence-electron chi connectivity index (χ1n) is 7.54. The second-order valence-electron chi connectivity index (χ2n) is 5.41. The van der Waals surface area contributed by atoms with E-state index in [2.05, 4.69) is 29.1 Å². The van der Waals surface area contributed by atoms with Crippen molar-refractivity contribution in [2.45, 2.75) is 32.7 Å². The minimum Gasteiger partial charge on any atom is -0.477 e. The molecule has 0 bridgehead atoms. The fourth-order valence-corrected chi connectivity index (χ4v) is 3.28.